The van der Waals surface area contributed by atoms with Crippen LogP contribution >= 0.6 is 0 Å². The summed E-state index contributed by atoms with van der Waals surface area (Å²) in [5.74, 6) is 1.96. The molecular weight excluding hydrogens is 160 g/mol. The summed E-state index contributed by atoms with van der Waals surface area (Å²) in [4.78, 5) is 2.63. The third-order valence-electron chi connectivity index (χ3n) is 3.75. The number of nitrogens with zero attached hydrogens (tertiary/aromatic N) is 1. The number of nitrogens with one attached hydrogen (secondary N) is 1. The van der Waals surface area contributed by atoms with Crippen LogP contribution in [0.25, 0.3) is 0 Å². The molecule has 2 atom stereocenters. The van der Waals surface area contributed by atoms with Crippen molar-refractivity contribution in [1.29, 1.82) is 0 Å². The normalized spacial score (nSPS) is 36.2. The molecule has 0 saturated carbocycles. The lowest BCUT2D eigenvalue weighted by atomic mass is 9.91. The molecule has 0 aromatic carbocycles. The zero-order valence-electron chi connectivity index (χ0n) is 8.92. The van der Waals surface area contributed by atoms with Crippen molar-refractivity contribution in [3.05, 3.63) is 0 Å². The minimum absolute atomic E-state index is 0.749. The molecule has 2 unspecified atom stereocenters. The van der Waals surface area contributed by atoms with E-state index in [1.54, 1.807) is 0 Å². The Morgan fingerprint density at radius 3 is 2.62 bits per heavy atom. The molecule has 76 valence electrons. The molecule has 0 aliphatic carbocycles. The van der Waals surface area contributed by atoms with E-state index in [-0.39, 0.29) is 0 Å². The quantitative estimate of drug-likeness (QED) is 0.693. The number of hydrogen-bond donors (Lipinski definition) is 1. The molecule has 13 heavy (non-hydrogen) atoms. The highest BCUT2D eigenvalue weighted by atomic mass is 15.2. The second kappa shape index (κ2) is 3.97. The van der Waals surface area contributed by atoms with Gasteiger partial charge in [-0.1, -0.05) is 0 Å². The highest BCUT2D eigenvalue weighted by Crippen LogP contribution is 2.28. The van der Waals surface area contributed by atoms with Crippen molar-refractivity contribution in [2.45, 2.75) is 32.7 Å². The summed E-state index contributed by atoms with van der Waals surface area (Å²) in [6, 6.07) is 0.749. The van der Waals surface area contributed by atoms with Gasteiger partial charge < -0.3 is 10.2 Å². The maximum atomic E-state index is 3.47. The number of rotatable bonds is 2. The molecule has 2 aliphatic heterocycles. The van der Waals surface area contributed by atoms with Crippen molar-refractivity contribution in [1.82, 2.24) is 10.2 Å². The van der Waals surface area contributed by atoms with Crippen LogP contribution in [0.5, 0.6) is 0 Å². The molecule has 0 amide bonds. The molecule has 0 radical (unpaired) electrons. The Kier molecular flexibility index (Phi) is 2.89. The highest BCUT2D eigenvalue weighted by molar-refractivity contribution is 4.86. The average Bonchev–Trinajstić information content (AvgIpc) is 2.75. The van der Waals surface area contributed by atoms with Gasteiger partial charge in [0.05, 0.1) is 0 Å². The summed E-state index contributed by atoms with van der Waals surface area (Å²) < 4.78 is 0. The molecule has 0 aromatic heterocycles. The third-order valence-corrected chi connectivity index (χ3v) is 3.75. The van der Waals surface area contributed by atoms with Crippen LogP contribution < -0.4 is 5.32 Å². The van der Waals surface area contributed by atoms with Gasteiger partial charge in [0.2, 0.25) is 0 Å². The summed E-state index contributed by atoms with van der Waals surface area (Å²) >= 11 is 0. The van der Waals surface area contributed by atoms with Crippen molar-refractivity contribution in [3.8, 4) is 0 Å². The second-order valence-corrected chi connectivity index (χ2v) is 4.89. The van der Waals surface area contributed by atoms with E-state index in [4.69, 9.17) is 0 Å². The number of hydrogen-bond acceptors (Lipinski definition) is 2. The highest BCUT2D eigenvalue weighted by Gasteiger charge is 2.31. The van der Waals surface area contributed by atoms with Gasteiger partial charge in [0.1, 0.15) is 0 Å². The van der Waals surface area contributed by atoms with Crippen molar-refractivity contribution in [2.75, 3.05) is 26.2 Å². The largest absolute Gasteiger partial charge is 0.316 e. The van der Waals surface area contributed by atoms with Gasteiger partial charge in [-0.3, -0.25) is 0 Å². The first-order chi connectivity index (χ1) is 6.27. The summed E-state index contributed by atoms with van der Waals surface area (Å²) in [5.41, 5.74) is 0. The molecule has 1 N–H and O–H groups in total. The monoisotopic (exact) mass is 182 g/mol. The molecule has 2 heteroatoms. The van der Waals surface area contributed by atoms with E-state index in [1.807, 2.05) is 0 Å². The lowest BCUT2D eigenvalue weighted by Crippen LogP contribution is -2.29. The summed E-state index contributed by atoms with van der Waals surface area (Å²) in [6.07, 6.45) is 2.85. The van der Waals surface area contributed by atoms with Gasteiger partial charge in [-0.15, -0.1) is 0 Å². The first-order valence-electron chi connectivity index (χ1n) is 5.72. The Bertz CT molecular complexity index is 161. The van der Waals surface area contributed by atoms with Gasteiger partial charge in [0.25, 0.3) is 0 Å². The van der Waals surface area contributed by atoms with Crippen LogP contribution in [0, 0.1) is 11.8 Å². The third kappa shape index (κ3) is 2.05. The van der Waals surface area contributed by atoms with Crippen molar-refractivity contribution < 1.29 is 0 Å². The van der Waals surface area contributed by atoms with Crippen LogP contribution in [-0.2, 0) is 0 Å². The standard InChI is InChI=1S/C11H22N2/c1-9(2)13-6-4-11(8-13)10-3-5-12-7-10/h9-12H,3-8H2,1-2H3. The SMILES string of the molecule is CC(C)N1CCC(C2CCNC2)C1. The first-order valence-corrected chi connectivity index (χ1v) is 5.72. The molecule has 2 saturated heterocycles. The van der Waals surface area contributed by atoms with E-state index in [2.05, 4.69) is 24.1 Å². The Hall–Kier alpha value is -0.0800. The minimum atomic E-state index is 0.749. The van der Waals surface area contributed by atoms with Crippen molar-refractivity contribution >= 4 is 0 Å². The lowest BCUT2D eigenvalue weighted by molar-refractivity contribution is 0.249. The van der Waals surface area contributed by atoms with Crippen LogP contribution in [0.4, 0.5) is 0 Å². The zero-order valence-corrected chi connectivity index (χ0v) is 8.92. The molecule has 0 spiro atoms. The second-order valence-electron chi connectivity index (χ2n) is 4.89. The Morgan fingerprint density at radius 1 is 1.23 bits per heavy atom. The zero-order chi connectivity index (χ0) is 9.26. The van der Waals surface area contributed by atoms with Crippen molar-refractivity contribution in [2.24, 2.45) is 11.8 Å². The van der Waals surface area contributed by atoms with E-state index in [0.29, 0.717) is 0 Å². The summed E-state index contributed by atoms with van der Waals surface area (Å²) in [5, 5.41) is 3.47. The van der Waals surface area contributed by atoms with Gasteiger partial charge >= 0.3 is 0 Å². The fourth-order valence-corrected chi connectivity index (χ4v) is 2.75. The van der Waals surface area contributed by atoms with Gasteiger partial charge in [-0.25, -0.2) is 0 Å². The summed E-state index contributed by atoms with van der Waals surface area (Å²) in [6.45, 7) is 9.84. The first kappa shape index (κ1) is 9.47. The number of likely N-dealkylation sites (tertiary alicyclic amines) is 1. The average molecular weight is 182 g/mol. The van der Waals surface area contributed by atoms with Crippen LogP contribution in [0.1, 0.15) is 26.7 Å². The Balaban J connectivity index is 1.83. The molecule has 2 nitrogen and oxygen atoms in total. The molecule has 0 bridgehead atoms. The van der Waals surface area contributed by atoms with E-state index < -0.39 is 0 Å². The molecule has 2 rings (SSSR count). The lowest BCUT2D eigenvalue weighted by Gasteiger charge is -2.22. The van der Waals surface area contributed by atoms with E-state index in [0.717, 1.165) is 17.9 Å². The van der Waals surface area contributed by atoms with E-state index >= 15 is 0 Å². The van der Waals surface area contributed by atoms with Crippen LogP contribution in [0.2, 0.25) is 0 Å². The molecule has 0 aromatic rings. The van der Waals surface area contributed by atoms with Crippen LogP contribution in [-0.4, -0.2) is 37.1 Å². The van der Waals surface area contributed by atoms with Crippen LogP contribution in [0.15, 0.2) is 0 Å². The fraction of sp³-hybridized carbons (Fsp3) is 1.00. The predicted octanol–water partition coefficient (Wildman–Crippen LogP) is 1.33. The maximum Gasteiger partial charge on any atom is 0.00387 e. The molecule has 2 aliphatic rings. The van der Waals surface area contributed by atoms with E-state index in [9.17, 15) is 0 Å². The molecular formula is C11H22N2. The fourth-order valence-electron chi connectivity index (χ4n) is 2.75. The molecule has 2 fully saturated rings. The van der Waals surface area contributed by atoms with Gasteiger partial charge in [0, 0.05) is 12.6 Å². The van der Waals surface area contributed by atoms with Crippen molar-refractivity contribution in [3.63, 3.8) is 0 Å². The topological polar surface area (TPSA) is 15.3 Å². The molecule has 2 heterocycles. The van der Waals surface area contributed by atoms with Gasteiger partial charge in [0.15, 0.2) is 0 Å². The summed E-state index contributed by atoms with van der Waals surface area (Å²) in [7, 11) is 0. The Labute approximate surface area is 81.7 Å². The van der Waals surface area contributed by atoms with Gasteiger partial charge in [-0.2, -0.15) is 0 Å². The van der Waals surface area contributed by atoms with Crippen LogP contribution in [0.3, 0.4) is 0 Å². The Morgan fingerprint density at radius 2 is 2.08 bits per heavy atom. The predicted molar refractivity (Wildman–Crippen MR) is 55.8 cm³/mol. The maximum absolute atomic E-state index is 3.47. The minimum Gasteiger partial charge on any atom is -0.316 e. The van der Waals surface area contributed by atoms with E-state index in [1.165, 1.54) is 39.0 Å². The smallest absolute Gasteiger partial charge is 0.00387 e. The van der Waals surface area contributed by atoms with Gasteiger partial charge in [-0.05, 0) is 58.2 Å².